The second-order valence-corrected chi connectivity index (χ2v) is 6.54. The Morgan fingerprint density at radius 2 is 1.96 bits per heavy atom. The molecule has 0 unspecified atom stereocenters. The van der Waals surface area contributed by atoms with E-state index in [1.54, 1.807) is 12.0 Å². The number of rotatable bonds is 6. The molecule has 0 saturated carbocycles. The summed E-state index contributed by atoms with van der Waals surface area (Å²) < 4.78 is 4.95. The molecule has 0 spiro atoms. The van der Waals surface area contributed by atoms with Gasteiger partial charge in [-0.2, -0.15) is 0 Å². The van der Waals surface area contributed by atoms with Gasteiger partial charge in [-0.25, -0.2) is 4.79 Å². The number of ether oxygens (including phenoxy) is 1. The van der Waals surface area contributed by atoms with Crippen LogP contribution in [0.1, 0.15) is 32.3 Å². The number of aryl methyl sites for hydroxylation is 1. The molecule has 2 rings (SSSR count). The smallest absolute Gasteiger partial charge is 0.322 e. The lowest BCUT2D eigenvalue weighted by Gasteiger charge is -2.37. The molecule has 138 valence electrons. The third-order valence-electron chi connectivity index (χ3n) is 4.73. The van der Waals surface area contributed by atoms with Crippen molar-refractivity contribution in [3.05, 3.63) is 29.8 Å². The zero-order valence-electron chi connectivity index (χ0n) is 15.4. The fraction of sp³-hybridized carbons (Fsp3) is 0.579. The molecule has 1 aliphatic heterocycles. The molecule has 0 radical (unpaired) electrons. The Hall–Kier alpha value is -2.08. The van der Waals surface area contributed by atoms with Crippen LogP contribution in [0.4, 0.5) is 10.5 Å². The van der Waals surface area contributed by atoms with E-state index in [1.165, 1.54) is 5.56 Å². The van der Waals surface area contributed by atoms with Gasteiger partial charge in [0.2, 0.25) is 5.91 Å². The highest BCUT2D eigenvalue weighted by Crippen LogP contribution is 2.23. The van der Waals surface area contributed by atoms with E-state index in [1.807, 2.05) is 31.2 Å². The maximum atomic E-state index is 12.6. The van der Waals surface area contributed by atoms with Gasteiger partial charge in [0.05, 0.1) is 12.5 Å². The van der Waals surface area contributed by atoms with E-state index in [4.69, 9.17) is 4.74 Å². The molecule has 2 atom stereocenters. The molecule has 2 N–H and O–H groups in total. The second-order valence-electron chi connectivity index (χ2n) is 6.54. The minimum Gasteiger partial charge on any atom is -0.383 e. The SMILES string of the molecule is CCc1ccc(NC(=O)N2C[C@H](C(=O)NCCOC)CC[C@@H]2C)cc1. The lowest BCUT2D eigenvalue weighted by molar-refractivity contribution is -0.126. The van der Waals surface area contributed by atoms with E-state index in [0.29, 0.717) is 19.7 Å². The van der Waals surface area contributed by atoms with Crippen LogP contribution < -0.4 is 10.6 Å². The van der Waals surface area contributed by atoms with Crippen LogP contribution in [0.2, 0.25) is 0 Å². The molecular formula is C19H29N3O3. The van der Waals surface area contributed by atoms with Gasteiger partial charge in [0, 0.05) is 31.9 Å². The van der Waals surface area contributed by atoms with Crippen molar-refractivity contribution in [1.82, 2.24) is 10.2 Å². The zero-order valence-corrected chi connectivity index (χ0v) is 15.4. The van der Waals surface area contributed by atoms with Crippen molar-refractivity contribution in [2.45, 2.75) is 39.2 Å². The van der Waals surface area contributed by atoms with Crippen LogP contribution >= 0.6 is 0 Å². The van der Waals surface area contributed by atoms with Crippen LogP contribution in [0, 0.1) is 5.92 Å². The normalized spacial score (nSPS) is 20.2. The first kappa shape index (κ1) is 19.2. The van der Waals surface area contributed by atoms with Gasteiger partial charge in [0.15, 0.2) is 0 Å². The number of nitrogens with one attached hydrogen (secondary N) is 2. The molecule has 1 fully saturated rings. The second kappa shape index (κ2) is 9.42. The molecule has 3 amide bonds. The van der Waals surface area contributed by atoms with E-state index in [0.717, 1.165) is 24.9 Å². The Balaban J connectivity index is 1.93. The lowest BCUT2D eigenvalue weighted by atomic mass is 9.93. The molecule has 25 heavy (non-hydrogen) atoms. The minimum absolute atomic E-state index is 0.00551. The van der Waals surface area contributed by atoms with Gasteiger partial charge in [-0.1, -0.05) is 19.1 Å². The molecule has 0 aliphatic carbocycles. The number of hydrogen-bond acceptors (Lipinski definition) is 3. The van der Waals surface area contributed by atoms with Gasteiger partial charge in [-0.3, -0.25) is 4.79 Å². The Morgan fingerprint density at radius 1 is 1.24 bits per heavy atom. The van der Waals surface area contributed by atoms with E-state index in [2.05, 4.69) is 17.6 Å². The van der Waals surface area contributed by atoms with E-state index in [-0.39, 0.29) is 23.9 Å². The van der Waals surface area contributed by atoms with Crippen molar-refractivity contribution in [2.24, 2.45) is 5.92 Å². The zero-order chi connectivity index (χ0) is 18.2. The van der Waals surface area contributed by atoms with Crippen molar-refractivity contribution in [1.29, 1.82) is 0 Å². The van der Waals surface area contributed by atoms with Crippen LogP contribution in [0.15, 0.2) is 24.3 Å². The van der Waals surface area contributed by atoms with Crippen molar-refractivity contribution in [3.8, 4) is 0 Å². The summed E-state index contributed by atoms with van der Waals surface area (Å²) in [7, 11) is 1.60. The predicted molar refractivity (Wildman–Crippen MR) is 98.6 cm³/mol. The Morgan fingerprint density at radius 3 is 2.60 bits per heavy atom. The first-order chi connectivity index (χ1) is 12.0. The molecule has 6 heteroatoms. The molecule has 0 aromatic heterocycles. The third-order valence-corrected chi connectivity index (χ3v) is 4.73. The molecule has 0 bridgehead atoms. The minimum atomic E-state index is -0.165. The molecular weight excluding hydrogens is 318 g/mol. The number of anilines is 1. The highest BCUT2D eigenvalue weighted by atomic mass is 16.5. The van der Waals surface area contributed by atoms with E-state index < -0.39 is 0 Å². The monoisotopic (exact) mass is 347 g/mol. The van der Waals surface area contributed by atoms with Crippen LogP contribution in [0.3, 0.4) is 0 Å². The first-order valence-corrected chi connectivity index (χ1v) is 8.98. The summed E-state index contributed by atoms with van der Waals surface area (Å²) in [5, 5.41) is 5.81. The number of likely N-dealkylation sites (tertiary alicyclic amines) is 1. The summed E-state index contributed by atoms with van der Waals surface area (Å²) in [5.41, 5.74) is 2.01. The largest absolute Gasteiger partial charge is 0.383 e. The number of nitrogens with zero attached hydrogens (tertiary/aromatic N) is 1. The number of amides is 3. The van der Waals surface area contributed by atoms with E-state index in [9.17, 15) is 9.59 Å². The van der Waals surface area contributed by atoms with Gasteiger partial charge >= 0.3 is 6.03 Å². The van der Waals surface area contributed by atoms with E-state index >= 15 is 0 Å². The van der Waals surface area contributed by atoms with Crippen LogP contribution in [0.25, 0.3) is 0 Å². The highest BCUT2D eigenvalue weighted by molar-refractivity contribution is 5.90. The maximum Gasteiger partial charge on any atom is 0.322 e. The Labute approximate surface area is 149 Å². The molecule has 1 saturated heterocycles. The number of hydrogen-bond donors (Lipinski definition) is 2. The summed E-state index contributed by atoms with van der Waals surface area (Å²) in [6.07, 6.45) is 2.59. The summed E-state index contributed by atoms with van der Waals surface area (Å²) in [5.74, 6) is -0.171. The van der Waals surface area contributed by atoms with Crippen molar-refractivity contribution < 1.29 is 14.3 Å². The third kappa shape index (κ3) is 5.46. The average Bonchev–Trinajstić information content (AvgIpc) is 2.62. The Bertz CT molecular complexity index is 574. The predicted octanol–water partition coefficient (Wildman–Crippen LogP) is 2.64. The number of carbonyl (C=O) groups is 2. The van der Waals surface area contributed by atoms with Crippen molar-refractivity contribution in [2.75, 3.05) is 32.1 Å². The van der Waals surface area contributed by atoms with Crippen molar-refractivity contribution in [3.63, 3.8) is 0 Å². The van der Waals surface area contributed by atoms with Gasteiger partial charge in [-0.15, -0.1) is 0 Å². The topological polar surface area (TPSA) is 70.7 Å². The van der Waals surface area contributed by atoms with Crippen molar-refractivity contribution >= 4 is 17.6 Å². The number of methoxy groups -OCH3 is 1. The standard InChI is InChI=1S/C19H29N3O3/c1-4-15-6-9-17(10-7-15)21-19(24)22-13-16(8-5-14(22)2)18(23)20-11-12-25-3/h6-7,9-10,14,16H,4-5,8,11-13H2,1-3H3,(H,20,23)(H,21,24)/t14-,16+/m0/s1. The van der Waals surface area contributed by atoms with Crippen LogP contribution in [0.5, 0.6) is 0 Å². The number of carbonyl (C=O) groups excluding carboxylic acids is 2. The van der Waals surface area contributed by atoms with Crippen LogP contribution in [-0.2, 0) is 16.0 Å². The first-order valence-electron chi connectivity index (χ1n) is 8.98. The molecule has 1 aromatic carbocycles. The quantitative estimate of drug-likeness (QED) is 0.777. The summed E-state index contributed by atoms with van der Waals surface area (Å²) in [4.78, 5) is 26.6. The number of benzene rings is 1. The fourth-order valence-electron chi connectivity index (χ4n) is 3.04. The highest BCUT2D eigenvalue weighted by Gasteiger charge is 2.32. The molecule has 1 heterocycles. The van der Waals surface area contributed by atoms with Gasteiger partial charge < -0.3 is 20.3 Å². The van der Waals surface area contributed by atoms with Gasteiger partial charge in [0.1, 0.15) is 0 Å². The molecule has 1 aliphatic rings. The fourth-order valence-corrected chi connectivity index (χ4v) is 3.04. The van der Waals surface area contributed by atoms with Gasteiger partial charge in [-0.05, 0) is 43.9 Å². The molecule has 6 nitrogen and oxygen atoms in total. The Kier molecular flexibility index (Phi) is 7.25. The summed E-state index contributed by atoms with van der Waals surface area (Å²) >= 11 is 0. The number of urea groups is 1. The summed E-state index contributed by atoms with van der Waals surface area (Å²) in [6.45, 7) is 5.56. The van der Waals surface area contributed by atoms with Crippen LogP contribution in [-0.4, -0.2) is 49.7 Å². The maximum absolute atomic E-state index is 12.6. The number of piperidine rings is 1. The average molecular weight is 347 g/mol. The molecule has 1 aromatic rings. The lowest BCUT2D eigenvalue weighted by Crippen LogP contribution is -2.51. The summed E-state index contributed by atoms with van der Waals surface area (Å²) in [6, 6.07) is 7.84. The van der Waals surface area contributed by atoms with Gasteiger partial charge in [0.25, 0.3) is 0 Å².